The van der Waals surface area contributed by atoms with Crippen molar-refractivity contribution in [3.63, 3.8) is 0 Å². The molecular weight excluding hydrogens is 535 g/mol. The van der Waals surface area contributed by atoms with E-state index in [0.717, 1.165) is 33.6 Å². The first kappa shape index (κ1) is 23.9. The van der Waals surface area contributed by atoms with Gasteiger partial charge in [0.25, 0.3) is 0 Å². The van der Waals surface area contributed by atoms with Gasteiger partial charge in [-0.15, -0.1) is 0 Å². The number of rotatable bonds is 6. The van der Waals surface area contributed by atoms with Crippen LogP contribution < -0.4 is 9.61 Å². The SMILES string of the molecule is O=C(O)CN1C(=O)C2Sc3[nH]c(=O)sc3[C@@H](c3cc(Cl)ccc3OCc3ccc(Cl)cc3)C2C1=O. The molecule has 1 fully saturated rings. The molecule has 0 bridgehead atoms. The van der Waals surface area contributed by atoms with E-state index in [0.29, 0.717) is 31.3 Å². The van der Waals surface area contributed by atoms with Crippen LogP contribution in [-0.2, 0) is 21.0 Å². The van der Waals surface area contributed by atoms with Crippen molar-refractivity contribution >= 4 is 64.1 Å². The molecule has 0 radical (unpaired) electrons. The number of aromatic amines is 1. The average Bonchev–Trinajstić information content (AvgIpc) is 3.29. The van der Waals surface area contributed by atoms with Gasteiger partial charge in [0.15, 0.2) is 0 Å². The zero-order valence-electron chi connectivity index (χ0n) is 17.7. The second kappa shape index (κ2) is 9.34. The van der Waals surface area contributed by atoms with E-state index in [4.69, 9.17) is 27.9 Å². The van der Waals surface area contributed by atoms with Gasteiger partial charge in [-0.2, -0.15) is 0 Å². The van der Waals surface area contributed by atoms with Crippen LogP contribution in [0.2, 0.25) is 10.0 Å². The van der Waals surface area contributed by atoms with Crippen LogP contribution >= 0.6 is 46.3 Å². The van der Waals surface area contributed by atoms with Crippen LogP contribution in [0.1, 0.15) is 21.9 Å². The molecule has 12 heteroatoms. The fourth-order valence-electron chi connectivity index (χ4n) is 4.34. The minimum Gasteiger partial charge on any atom is -0.489 e. The second-order valence-corrected chi connectivity index (χ2v) is 11.0. The number of nitrogens with one attached hydrogen (secondary N) is 1. The maximum atomic E-state index is 13.4. The number of thiazole rings is 1. The molecule has 35 heavy (non-hydrogen) atoms. The highest BCUT2D eigenvalue weighted by Crippen LogP contribution is 2.54. The molecule has 2 aromatic carbocycles. The fourth-order valence-corrected chi connectivity index (χ4v) is 7.17. The van der Waals surface area contributed by atoms with Crippen molar-refractivity contribution in [2.45, 2.75) is 22.8 Å². The van der Waals surface area contributed by atoms with Crippen LogP contribution in [0.15, 0.2) is 52.3 Å². The average molecular weight is 551 g/mol. The first-order chi connectivity index (χ1) is 16.7. The van der Waals surface area contributed by atoms with Crippen LogP contribution in [0.25, 0.3) is 0 Å². The summed E-state index contributed by atoms with van der Waals surface area (Å²) in [6.45, 7) is -0.521. The van der Waals surface area contributed by atoms with E-state index in [1.807, 2.05) is 12.1 Å². The number of nitrogens with zero attached hydrogens (tertiary/aromatic N) is 1. The Hall–Kier alpha value is -2.79. The largest absolute Gasteiger partial charge is 0.489 e. The second-order valence-electron chi connectivity index (χ2n) is 8.00. The molecule has 5 rings (SSSR count). The third-order valence-corrected chi connectivity index (χ3v) is 8.71. The van der Waals surface area contributed by atoms with Gasteiger partial charge < -0.3 is 14.8 Å². The standard InChI is InChI=1S/C23H16Cl2N2O6S2/c24-11-3-1-10(2-4-11)9-33-14-6-5-12(25)7-13(14)16-17-19(34-20-18(16)35-23(32)26-20)22(31)27(21(17)30)8-15(28)29/h1-7,16-17,19H,8-9H2,(H,26,32)(H,28,29)/t16-,17?,19?/m0/s1. The summed E-state index contributed by atoms with van der Waals surface area (Å²) < 4.78 is 6.10. The molecule has 180 valence electrons. The van der Waals surface area contributed by atoms with Gasteiger partial charge in [-0.1, -0.05) is 58.4 Å². The number of thioether (sulfide) groups is 1. The number of aromatic nitrogens is 1. The number of hydrogen-bond acceptors (Lipinski definition) is 7. The number of carboxylic acid groups (broad SMARTS) is 1. The number of aliphatic carboxylic acids is 1. The van der Waals surface area contributed by atoms with E-state index in [1.165, 1.54) is 0 Å². The van der Waals surface area contributed by atoms with Crippen LogP contribution in [-0.4, -0.2) is 44.6 Å². The van der Waals surface area contributed by atoms with Gasteiger partial charge in [0.2, 0.25) is 11.8 Å². The number of imide groups is 1. The number of H-pyrrole nitrogens is 1. The van der Waals surface area contributed by atoms with Gasteiger partial charge in [-0.3, -0.25) is 24.1 Å². The molecule has 8 nitrogen and oxygen atoms in total. The van der Waals surface area contributed by atoms with Crippen molar-refractivity contribution < 1.29 is 24.2 Å². The van der Waals surface area contributed by atoms with Crippen molar-refractivity contribution in [2.24, 2.45) is 5.92 Å². The molecule has 0 spiro atoms. The summed E-state index contributed by atoms with van der Waals surface area (Å²) in [7, 11) is 0. The molecule has 2 aliphatic rings. The lowest BCUT2D eigenvalue weighted by Crippen LogP contribution is -2.36. The van der Waals surface area contributed by atoms with Gasteiger partial charge in [0, 0.05) is 26.4 Å². The minimum atomic E-state index is -1.29. The summed E-state index contributed by atoms with van der Waals surface area (Å²) >= 11 is 14.3. The monoisotopic (exact) mass is 550 g/mol. The Labute approximate surface area is 216 Å². The van der Waals surface area contributed by atoms with Crippen molar-refractivity contribution in [2.75, 3.05) is 6.54 Å². The zero-order valence-corrected chi connectivity index (χ0v) is 20.8. The molecule has 3 aromatic rings. The first-order valence-electron chi connectivity index (χ1n) is 10.4. The van der Waals surface area contributed by atoms with Crippen LogP contribution in [0, 0.1) is 5.92 Å². The number of likely N-dealkylation sites (tertiary alicyclic amines) is 1. The Kier molecular flexibility index (Phi) is 6.39. The molecule has 2 N–H and O–H groups in total. The summed E-state index contributed by atoms with van der Waals surface area (Å²) in [5.41, 5.74) is 1.40. The lowest BCUT2D eigenvalue weighted by atomic mass is 9.82. The number of carbonyl (C=O) groups is 3. The lowest BCUT2D eigenvalue weighted by Gasteiger charge is -2.31. The number of carboxylic acids is 1. The summed E-state index contributed by atoms with van der Waals surface area (Å²) in [6, 6.07) is 12.1. The van der Waals surface area contributed by atoms with Gasteiger partial charge in [-0.05, 0) is 35.9 Å². The Morgan fingerprint density at radius 2 is 1.77 bits per heavy atom. The third-order valence-electron chi connectivity index (χ3n) is 5.82. The molecule has 1 saturated heterocycles. The Balaban J connectivity index is 1.58. The maximum absolute atomic E-state index is 13.4. The zero-order chi connectivity index (χ0) is 24.9. The molecule has 3 atom stereocenters. The van der Waals surface area contributed by atoms with E-state index in [9.17, 15) is 24.3 Å². The minimum absolute atomic E-state index is 0.204. The van der Waals surface area contributed by atoms with Crippen LogP contribution in [0.4, 0.5) is 0 Å². The Morgan fingerprint density at radius 1 is 1.06 bits per heavy atom. The maximum Gasteiger partial charge on any atom is 0.323 e. The first-order valence-corrected chi connectivity index (χ1v) is 12.8. The predicted molar refractivity (Wildman–Crippen MR) is 132 cm³/mol. The molecule has 2 aliphatic heterocycles. The molecule has 2 amide bonds. The molecular formula is C23H16Cl2N2O6S2. The molecule has 3 heterocycles. The fraction of sp³-hybridized carbons (Fsp3) is 0.217. The van der Waals surface area contributed by atoms with E-state index >= 15 is 0 Å². The van der Waals surface area contributed by atoms with Gasteiger partial charge in [0.1, 0.15) is 24.2 Å². The van der Waals surface area contributed by atoms with E-state index in [1.54, 1.807) is 30.3 Å². The van der Waals surface area contributed by atoms with E-state index in [-0.39, 0.29) is 11.5 Å². The van der Waals surface area contributed by atoms with Crippen LogP contribution in [0.3, 0.4) is 0 Å². The normalized spacial score (nSPS) is 21.1. The number of ether oxygens (including phenoxy) is 1. The summed E-state index contributed by atoms with van der Waals surface area (Å²) in [5, 5.41) is 9.81. The number of benzene rings is 2. The third kappa shape index (κ3) is 4.47. The van der Waals surface area contributed by atoms with Crippen molar-refractivity contribution in [3.05, 3.63) is 78.2 Å². The lowest BCUT2D eigenvalue weighted by molar-refractivity contribution is -0.149. The number of halogens is 2. The highest BCUT2D eigenvalue weighted by molar-refractivity contribution is 8.00. The number of carbonyl (C=O) groups excluding carboxylic acids is 2. The smallest absolute Gasteiger partial charge is 0.323 e. The van der Waals surface area contributed by atoms with E-state index < -0.39 is 41.4 Å². The van der Waals surface area contributed by atoms with Crippen molar-refractivity contribution in [3.8, 4) is 5.75 Å². The molecule has 2 unspecified atom stereocenters. The molecule has 0 aliphatic carbocycles. The van der Waals surface area contributed by atoms with Gasteiger partial charge in [0.05, 0.1) is 10.9 Å². The number of fused-ring (bicyclic) bond motifs is 2. The molecule has 0 saturated carbocycles. The molecule has 1 aromatic heterocycles. The Bertz CT molecular complexity index is 1400. The van der Waals surface area contributed by atoms with Crippen LogP contribution in [0.5, 0.6) is 5.75 Å². The highest BCUT2D eigenvalue weighted by Gasteiger charge is 2.56. The Morgan fingerprint density at radius 3 is 2.49 bits per heavy atom. The summed E-state index contributed by atoms with van der Waals surface area (Å²) in [5.74, 6) is -3.69. The highest BCUT2D eigenvalue weighted by atomic mass is 35.5. The predicted octanol–water partition coefficient (Wildman–Crippen LogP) is 4.00. The van der Waals surface area contributed by atoms with Crippen molar-refractivity contribution in [1.82, 2.24) is 9.88 Å². The van der Waals surface area contributed by atoms with Gasteiger partial charge in [-0.25, -0.2) is 0 Å². The van der Waals surface area contributed by atoms with E-state index in [2.05, 4.69) is 4.98 Å². The number of amides is 2. The quantitative estimate of drug-likeness (QED) is 0.445. The van der Waals surface area contributed by atoms with Crippen molar-refractivity contribution in [1.29, 1.82) is 0 Å². The topological polar surface area (TPSA) is 117 Å². The number of hydrogen-bond donors (Lipinski definition) is 2. The summed E-state index contributed by atoms with van der Waals surface area (Å²) in [4.78, 5) is 53.7. The van der Waals surface area contributed by atoms with Gasteiger partial charge >= 0.3 is 10.8 Å². The summed E-state index contributed by atoms with van der Waals surface area (Å²) in [6.07, 6.45) is 0.